The number of alkyl halides is 1. The number of hydrogen-bond donors (Lipinski definition) is 2. The van der Waals surface area contributed by atoms with E-state index >= 15 is 0 Å². The van der Waals surface area contributed by atoms with Gasteiger partial charge in [-0.2, -0.15) is 0 Å². The molecule has 0 aromatic heterocycles. The summed E-state index contributed by atoms with van der Waals surface area (Å²) in [5.41, 5.74) is -0.668. The maximum Gasteiger partial charge on any atom is 0.157 e. The highest BCUT2D eigenvalue weighted by molar-refractivity contribution is 6.20. The fraction of sp³-hybridized carbons (Fsp3) is 1.00. The van der Waals surface area contributed by atoms with Gasteiger partial charge in [0.2, 0.25) is 0 Å². The Kier molecular flexibility index (Phi) is 2.52. The fourth-order valence-electron chi connectivity index (χ4n) is 0.932. The molecule has 1 saturated heterocycles. The van der Waals surface area contributed by atoms with Crippen LogP contribution >= 0.6 is 11.6 Å². The van der Waals surface area contributed by atoms with E-state index in [4.69, 9.17) is 26.6 Å². The first kappa shape index (κ1) is 8.27. The van der Waals surface area contributed by atoms with Gasteiger partial charge in [-0.3, -0.25) is 0 Å². The topological polar surface area (TPSA) is 49.7 Å². The third-order valence-corrected chi connectivity index (χ3v) is 2.07. The van der Waals surface area contributed by atoms with Gasteiger partial charge < -0.3 is 14.9 Å². The molecule has 0 saturated carbocycles. The number of ether oxygens (including phenoxy) is 1. The lowest BCUT2D eigenvalue weighted by Crippen LogP contribution is -2.43. The second-order valence-electron chi connectivity index (χ2n) is 2.56. The molecule has 4 atom stereocenters. The molecule has 1 rings (SSSR count). The predicted octanol–water partition coefficient (Wildman–Crippen LogP) is 0.0819. The molecule has 10 heavy (non-hydrogen) atoms. The van der Waals surface area contributed by atoms with E-state index in [0.717, 1.165) is 0 Å². The number of rotatable bonds is 0. The van der Waals surface area contributed by atoms with Crippen LogP contribution in [0.4, 0.5) is 0 Å². The molecule has 0 aliphatic carbocycles. The second-order valence-corrected chi connectivity index (χ2v) is 2.99. The molecular formula is C6H11ClO3. The van der Waals surface area contributed by atoms with Crippen LogP contribution in [0.15, 0.2) is 0 Å². The summed E-state index contributed by atoms with van der Waals surface area (Å²) >= 11 is 5.54. The Bertz CT molecular complexity index is 93.6. The highest BCUT2D eigenvalue weighted by atomic mass is 35.5. The van der Waals surface area contributed by atoms with Crippen molar-refractivity contribution in [2.45, 2.75) is 37.2 Å². The summed E-state index contributed by atoms with van der Waals surface area (Å²) in [4.78, 5) is 0. The van der Waals surface area contributed by atoms with Crippen molar-refractivity contribution in [1.82, 2.24) is 0 Å². The van der Waals surface area contributed by atoms with E-state index in [1.54, 1.807) is 6.92 Å². The van der Waals surface area contributed by atoms with Crippen molar-refractivity contribution in [2.75, 3.05) is 0 Å². The summed E-state index contributed by atoms with van der Waals surface area (Å²) in [6.45, 7) is 1.73. The maximum atomic E-state index is 9.12. The molecule has 0 spiro atoms. The summed E-state index contributed by atoms with van der Waals surface area (Å²) in [5.74, 6) is 0. The number of hydrogen-bond acceptors (Lipinski definition) is 3. The van der Waals surface area contributed by atoms with Crippen molar-refractivity contribution in [3.63, 3.8) is 0 Å². The van der Waals surface area contributed by atoms with E-state index in [1.165, 1.54) is 0 Å². The highest BCUT2D eigenvalue weighted by Crippen LogP contribution is 2.21. The summed E-state index contributed by atoms with van der Waals surface area (Å²) < 4.78 is 4.98. The lowest BCUT2D eigenvalue weighted by atomic mass is 10.1. The van der Waals surface area contributed by atoms with Crippen LogP contribution in [0.5, 0.6) is 0 Å². The summed E-state index contributed by atoms with van der Waals surface area (Å²) in [5, 5.41) is 18.2. The van der Waals surface area contributed by atoms with Gasteiger partial charge in [0.1, 0.15) is 0 Å². The van der Waals surface area contributed by atoms with Gasteiger partial charge in [0, 0.05) is 6.42 Å². The van der Waals surface area contributed by atoms with Gasteiger partial charge in [0.15, 0.2) is 5.56 Å². The Morgan fingerprint density at radius 1 is 1.40 bits per heavy atom. The molecule has 3 nitrogen and oxygen atoms in total. The van der Waals surface area contributed by atoms with E-state index in [-0.39, 0.29) is 6.10 Å². The van der Waals surface area contributed by atoms with Gasteiger partial charge in [0.05, 0.1) is 18.3 Å². The van der Waals surface area contributed by atoms with Gasteiger partial charge in [-0.25, -0.2) is 0 Å². The Labute approximate surface area is 64.6 Å². The monoisotopic (exact) mass is 166 g/mol. The van der Waals surface area contributed by atoms with Crippen LogP contribution < -0.4 is 0 Å². The average molecular weight is 167 g/mol. The molecule has 0 bridgehead atoms. The Hall–Kier alpha value is 0.170. The van der Waals surface area contributed by atoms with Gasteiger partial charge in [-0.05, 0) is 6.92 Å². The molecule has 2 N–H and O–H groups in total. The summed E-state index contributed by atoms with van der Waals surface area (Å²) in [6.07, 6.45) is -1.31. The first-order valence-corrected chi connectivity index (χ1v) is 3.70. The molecule has 1 heterocycles. The zero-order valence-corrected chi connectivity index (χ0v) is 6.45. The third kappa shape index (κ3) is 1.61. The predicted molar refractivity (Wildman–Crippen MR) is 36.8 cm³/mol. The molecular weight excluding hydrogens is 156 g/mol. The van der Waals surface area contributed by atoms with Crippen molar-refractivity contribution < 1.29 is 14.9 Å². The molecule has 1 aliphatic heterocycles. The summed E-state index contributed by atoms with van der Waals surface area (Å²) in [6, 6.07) is 0. The smallest absolute Gasteiger partial charge is 0.157 e. The van der Waals surface area contributed by atoms with Crippen LogP contribution in [0, 0.1) is 0 Å². The van der Waals surface area contributed by atoms with E-state index in [9.17, 15) is 0 Å². The minimum atomic E-state index is -0.743. The lowest BCUT2D eigenvalue weighted by Gasteiger charge is -2.32. The second kappa shape index (κ2) is 3.05. The van der Waals surface area contributed by atoms with Gasteiger partial charge in [-0.15, -0.1) is 0 Å². The Morgan fingerprint density at radius 2 is 2.00 bits per heavy atom. The lowest BCUT2D eigenvalue weighted by molar-refractivity contribution is -0.132. The molecule has 1 unspecified atom stereocenters. The zero-order chi connectivity index (χ0) is 7.72. The van der Waals surface area contributed by atoms with Crippen LogP contribution in [0.1, 0.15) is 13.3 Å². The third-order valence-electron chi connectivity index (χ3n) is 1.67. The number of halogens is 1. The van der Waals surface area contributed by atoms with Gasteiger partial charge in [-0.1, -0.05) is 11.6 Å². The normalized spacial score (nSPS) is 49.2. The van der Waals surface area contributed by atoms with Crippen molar-refractivity contribution >= 4 is 11.6 Å². The van der Waals surface area contributed by atoms with Gasteiger partial charge in [0.25, 0.3) is 0 Å². The molecule has 0 aromatic carbocycles. The maximum absolute atomic E-state index is 9.12. The quantitative estimate of drug-likeness (QED) is 0.502. The molecule has 60 valence electrons. The van der Waals surface area contributed by atoms with Crippen LogP contribution in [0.2, 0.25) is 0 Å². The highest BCUT2D eigenvalue weighted by Gasteiger charge is 2.32. The first-order chi connectivity index (χ1) is 4.61. The Balaban J connectivity index is 2.46. The Morgan fingerprint density at radius 3 is 2.50 bits per heavy atom. The molecule has 1 aliphatic rings. The number of aliphatic hydroxyl groups is 2. The number of aliphatic hydroxyl groups excluding tert-OH is 2. The molecule has 4 heteroatoms. The van der Waals surface area contributed by atoms with Crippen LogP contribution in [0.25, 0.3) is 0 Å². The SMILES string of the molecule is C[C@H]1OC(Cl)[C@@H](O)C[C@@H]1O. The van der Waals surface area contributed by atoms with E-state index < -0.39 is 17.8 Å². The van der Waals surface area contributed by atoms with Gasteiger partial charge >= 0.3 is 0 Å². The van der Waals surface area contributed by atoms with Crippen LogP contribution in [-0.2, 0) is 4.74 Å². The first-order valence-electron chi connectivity index (χ1n) is 3.27. The molecule has 0 radical (unpaired) electrons. The van der Waals surface area contributed by atoms with Crippen molar-refractivity contribution in [2.24, 2.45) is 0 Å². The van der Waals surface area contributed by atoms with Crippen molar-refractivity contribution in [3.8, 4) is 0 Å². The zero-order valence-electron chi connectivity index (χ0n) is 5.70. The van der Waals surface area contributed by atoms with Crippen molar-refractivity contribution in [3.05, 3.63) is 0 Å². The largest absolute Gasteiger partial charge is 0.390 e. The van der Waals surface area contributed by atoms with E-state index in [1.807, 2.05) is 0 Å². The minimum Gasteiger partial charge on any atom is -0.390 e. The summed E-state index contributed by atoms with van der Waals surface area (Å²) in [7, 11) is 0. The van der Waals surface area contributed by atoms with E-state index in [2.05, 4.69) is 0 Å². The van der Waals surface area contributed by atoms with Crippen LogP contribution in [0.3, 0.4) is 0 Å². The average Bonchev–Trinajstić information content (AvgIpc) is 1.84. The van der Waals surface area contributed by atoms with Crippen LogP contribution in [-0.4, -0.2) is 34.1 Å². The molecule has 1 fully saturated rings. The molecule has 0 aromatic rings. The fourth-order valence-corrected chi connectivity index (χ4v) is 1.20. The van der Waals surface area contributed by atoms with E-state index in [0.29, 0.717) is 6.42 Å². The molecule has 0 amide bonds. The minimum absolute atomic E-state index is 0.272. The van der Waals surface area contributed by atoms with Crippen molar-refractivity contribution in [1.29, 1.82) is 0 Å². The standard InChI is InChI=1S/C6H11ClO3/c1-3-4(8)2-5(9)6(7)10-3/h3-6,8-9H,2H2,1H3/t3-,4+,5+,6?/m1/s1.